The summed E-state index contributed by atoms with van der Waals surface area (Å²) in [6.45, 7) is 1.45. The van der Waals surface area contributed by atoms with Gasteiger partial charge >= 0.3 is 6.09 Å². The molecule has 7 nitrogen and oxygen atoms in total. The van der Waals surface area contributed by atoms with Gasteiger partial charge in [0.25, 0.3) is 0 Å². The number of rotatable bonds is 4. The van der Waals surface area contributed by atoms with Crippen LogP contribution in [0.15, 0.2) is 48.5 Å². The van der Waals surface area contributed by atoms with E-state index in [0.29, 0.717) is 24.7 Å². The normalized spacial score (nSPS) is 17.9. The van der Waals surface area contributed by atoms with Crippen molar-refractivity contribution in [3.8, 4) is 11.8 Å². The molecule has 2 aromatic rings. The molecule has 0 bridgehead atoms. The Morgan fingerprint density at radius 2 is 1.74 bits per heavy atom. The maximum absolute atomic E-state index is 12.4. The number of hydrogen-bond acceptors (Lipinski definition) is 4. The molecule has 2 saturated heterocycles. The second-order valence-corrected chi connectivity index (χ2v) is 7.65. The number of carbonyl (C=O) groups is 3. The third-order valence-corrected chi connectivity index (χ3v) is 5.41. The van der Waals surface area contributed by atoms with Crippen LogP contribution in [0, 0.1) is 17.8 Å². The minimum absolute atomic E-state index is 0.0875. The summed E-state index contributed by atoms with van der Waals surface area (Å²) in [7, 11) is 0. The van der Waals surface area contributed by atoms with Gasteiger partial charge in [-0.05, 0) is 48.5 Å². The first-order valence-electron chi connectivity index (χ1n) is 9.88. The molecule has 2 aromatic carbocycles. The van der Waals surface area contributed by atoms with Crippen LogP contribution in [0.4, 0.5) is 16.2 Å². The highest BCUT2D eigenvalue weighted by atomic mass is 35.5. The van der Waals surface area contributed by atoms with E-state index in [1.807, 2.05) is 24.3 Å². The molecule has 2 fully saturated rings. The highest BCUT2D eigenvalue weighted by molar-refractivity contribution is 6.30. The average molecular weight is 438 g/mol. The summed E-state index contributed by atoms with van der Waals surface area (Å²) in [4.78, 5) is 39.5. The molecular weight excluding hydrogens is 418 g/mol. The minimum atomic E-state index is -0.413. The Hall–Kier alpha value is -3.50. The van der Waals surface area contributed by atoms with Crippen molar-refractivity contribution in [2.24, 2.45) is 5.92 Å². The molecular formula is C23H20ClN3O4. The number of hydrogen-bond donors (Lipinski definition) is 1. The summed E-state index contributed by atoms with van der Waals surface area (Å²) in [6, 6.07) is 14.2. The van der Waals surface area contributed by atoms with Crippen molar-refractivity contribution < 1.29 is 19.1 Å². The van der Waals surface area contributed by atoms with Gasteiger partial charge in [-0.15, -0.1) is 0 Å². The van der Waals surface area contributed by atoms with Crippen molar-refractivity contribution in [1.29, 1.82) is 0 Å². The highest BCUT2D eigenvalue weighted by Gasteiger charge is 2.34. The molecule has 2 aliphatic rings. The van der Waals surface area contributed by atoms with Gasteiger partial charge in [0.05, 0.1) is 19.0 Å². The van der Waals surface area contributed by atoms with E-state index in [2.05, 4.69) is 17.2 Å². The van der Waals surface area contributed by atoms with Crippen molar-refractivity contribution in [2.45, 2.75) is 6.42 Å². The van der Waals surface area contributed by atoms with E-state index in [1.165, 1.54) is 0 Å². The van der Waals surface area contributed by atoms with Crippen LogP contribution < -0.4 is 15.1 Å². The lowest BCUT2D eigenvalue weighted by Gasteiger charge is -2.16. The molecule has 4 rings (SSSR count). The van der Waals surface area contributed by atoms with Crippen LogP contribution in [0.5, 0.6) is 0 Å². The van der Waals surface area contributed by atoms with Crippen LogP contribution in [-0.2, 0) is 14.3 Å². The van der Waals surface area contributed by atoms with Gasteiger partial charge in [-0.2, -0.15) is 0 Å². The zero-order valence-electron chi connectivity index (χ0n) is 16.6. The van der Waals surface area contributed by atoms with Gasteiger partial charge in [0, 0.05) is 34.9 Å². The van der Waals surface area contributed by atoms with E-state index in [9.17, 15) is 14.4 Å². The summed E-state index contributed by atoms with van der Waals surface area (Å²) in [5.74, 6) is 5.20. The summed E-state index contributed by atoms with van der Waals surface area (Å²) in [6.07, 6.45) is -0.177. The monoisotopic (exact) mass is 437 g/mol. The smallest absolute Gasteiger partial charge is 0.414 e. The van der Waals surface area contributed by atoms with Crippen molar-refractivity contribution in [3.63, 3.8) is 0 Å². The van der Waals surface area contributed by atoms with E-state index in [-0.39, 0.29) is 30.9 Å². The molecule has 0 aromatic heterocycles. The maximum Gasteiger partial charge on any atom is 0.414 e. The Morgan fingerprint density at radius 3 is 2.42 bits per heavy atom. The van der Waals surface area contributed by atoms with Crippen LogP contribution in [0.2, 0.25) is 5.02 Å². The topological polar surface area (TPSA) is 79.0 Å². The molecule has 2 heterocycles. The lowest BCUT2D eigenvalue weighted by Crippen LogP contribution is -2.33. The number of cyclic esters (lactones) is 1. The van der Waals surface area contributed by atoms with Crippen molar-refractivity contribution in [2.75, 3.05) is 36.0 Å². The Bertz CT molecular complexity index is 1060. The molecule has 0 spiro atoms. The zero-order valence-corrected chi connectivity index (χ0v) is 17.4. The number of nitrogens with zero attached hydrogens (tertiary/aromatic N) is 2. The minimum Gasteiger partial charge on any atom is -0.447 e. The molecule has 0 saturated carbocycles. The molecule has 1 atom stereocenters. The van der Waals surface area contributed by atoms with Crippen LogP contribution in [0.3, 0.4) is 0 Å². The first kappa shape index (κ1) is 20.8. The van der Waals surface area contributed by atoms with Crippen molar-refractivity contribution in [1.82, 2.24) is 5.32 Å². The number of halogens is 1. The Kier molecular flexibility index (Phi) is 6.10. The number of nitrogens with one attached hydrogen (secondary N) is 1. The summed E-state index contributed by atoms with van der Waals surface area (Å²) in [5, 5.41) is 3.37. The zero-order chi connectivity index (χ0) is 21.8. The summed E-state index contributed by atoms with van der Waals surface area (Å²) in [5.41, 5.74) is 2.27. The van der Waals surface area contributed by atoms with Gasteiger partial charge in [0.1, 0.15) is 6.61 Å². The molecule has 8 heteroatoms. The molecule has 2 aliphatic heterocycles. The van der Waals surface area contributed by atoms with Gasteiger partial charge in [-0.25, -0.2) is 4.79 Å². The molecule has 158 valence electrons. The molecule has 0 radical (unpaired) electrons. The first-order chi connectivity index (χ1) is 15.0. The van der Waals surface area contributed by atoms with Crippen LogP contribution in [0.25, 0.3) is 0 Å². The SMILES string of the molecule is O=C(NCC#Cc1ccc(N2CCOC2=O)cc1)C1CC(=O)N(c2ccc(Cl)cc2)C1. The first-order valence-corrected chi connectivity index (χ1v) is 10.3. The van der Waals surface area contributed by atoms with Crippen molar-refractivity contribution >= 4 is 40.9 Å². The third-order valence-electron chi connectivity index (χ3n) is 5.16. The predicted molar refractivity (Wildman–Crippen MR) is 117 cm³/mol. The molecule has 1 N–H and O–H groups in total. The van der Waals surface area contributed by atoms with Gasteiger partial charge in [0.2, 0.25) is 11.8 Å². The molecule has 31 heavy (non-hydrogen) atoms. The van der Waals surface area contributed by atoms with Gasteiger partial charge in [-0.1, -0.05) is 23.4 Å². The summed E-state index contributed by atoms with van der Waals surface area (Å²) >= 11 is 5.89. The fourth-order valence-electron chi connectivity index (χ4n) is 3.53. The number of benzene rings is 2. The quantitative estimate of drug-likeness (QED) is 0.746. The number of ether oxygens (including phenoxy) is 1. The van der Waals surface area contributed by atoms with Gasteiger partial charge < -0.3 is 15.0 Å². The number of amides is 3. The maximum atomic E-state index is 12.4. The average Bonchev–Trinajstić information content (AvgIpc) is 3.38. The fourth-order valence-corrected chi connectivity index (χ4v) is 3.65. The highest BCUT2D eigenvalue weighted by Crippen LogP contribution is 2.26. The van der Waals surface area contributed by atoms with E-state index < -0.39 is 5.92 Å². The Morgan fingerprint density at radius 1 is 1.06 bits per heavy atom. The molecule has 0 aliphatic carbocycles. The molecule has 1 unspecified atom stereocenters. The van der Waals surface area contributed by atoms with Crippen LogP contribution in [0.1, 0.15) is 12.0 Å². The Balaban J connectivity index is 1.28. The standard InChI is InChI=1S/C23H20ClN3O4/c24-18-5-9-20(10-6-18)27-15-17(14-21(27)28)22(29)25-11-1-2-16-3-7-19(8-4-16)26-12-13-31-23(26)30/h3-10,17H,11-15H2,(H,25,29). The van der Waals surface area contributed by atoms with Crippen LogP contribution in [-0.4, -0.2) is 44.1 Å². The predicted octanol–water partition coefficient (Wildman–Crippen LogP) is 2.82. The number of anilines is 2. The van der Waals surface area contributed by atoms with E-state index in [4.69, 9.17) is 16.3 Å². The van der Waals surface area contributed by atoms with E-state index in [1.54, 1.807) is 34.1 Å². The van der Waals surface area contributed by atoms with E-state index >= 15 is 0 Å². The molecule has 3 amide bonds. The van der Waals surface area contributed by atoms with Gasteiger partial charge in [-0.3, -0.25) is 14.5 Å². The van der Waals surface area contributed by atoms with Crippen LogP contribution >= 0.6 is 11.6 Å². The van der Waals surface area contributed by atoms with E-state index in [0.717, 1.165) is 16.9 Å². The summed E-state index contributed by atoms with van der Waals surface area (Å²) < 4.78 is 4.93. The third kappa shape index (κ3) is 4.81. The Labute approximate surface area is 184 Å². The fraction of sp³-hybridized carbons (Fsp3) is 0.261. The largest absolute Gasteiger partial charge is 0.447 e. The van der Waals surface area contributed by atoms with Crippen molar-refractivity contribution in [3.05, 3.63) is 59.1 Å². The number of carbonyl (C=O) groups excluding carboxylic acids is 3. The lowest BCUT2D eigenvalue weighted by atomic mass is 10.1. The second kappa shape index (κ2) is 9.11. The van der Waals surface area contributed by atoms with Gasteiger partial charge in [0.15, 0.2) is 0 Å². The lowest BCUT2D eigenvalue weighted by molar-refractivity contribution is -0.126. The second-order valence-electron chi connectivity index (χ2n) is 7.21.